The van der Waals surface area contributed by atoms with Crippen LogP contribution in [0.3, 0.4) is 0 Å². The molecule has 0 saturated carbocycles. The molecule has 0 atom stereocenters. The van der Waals surface area contributed by atoms with E-state index < -0.39 is 7.12 Å². The quantitative estimate of drug-likeness (QED) is 0.0901. The van der Waals surface area contributed by atoms with Crippen LogP contribution in [-0.2, 0) is 9.68 Å². The largest absolute Gasteiger partial charge is 1.00 e. The Bertz CT molecular complexity index is 1180. The molecule has 0 unspecified atom stereocenters. The van der Waals surface area contributed by atoms with Gasteiger partial charge < -0.3 is 21.6 Å². The Kier molecular flexibility index (Phi) is 30.9. The first-order valence-corrected chi connectivity index (χ1v) is 11.8. The average Bonchev–Trinajstić information content (AvgIpc) is 2.85. The van der Waals surface area contributed by atoms with Gasteiger partial charge in [-0.25, -0.2) is 4.98 Å². The van der Waals surface area contributed by atoms with E-state index in [0.29, 0.717) is 10.5 Å². The Morgan fingerprint density at radius 1 is 0.897 bits per heavy atom. The normalized spacial score (nSPS) is 8.51. The van der Waals surface area contributed by atoms with Crippen LogP contribution in [0.5, 0.6) is 0 Å². The van der Waals surface area contributed by atoms with Crippen molar-refractivity contribution in [3.8, 4) is 11.3 Å². The third-order valence-corrected chi connectivity index (χ3v) is 5.01. The zero-order valence-corrected chi connectivity index (χ0v) is 37.0. The third kappa shape index (κ3) is 21.6. The summed E-state index contributed by atoms with van der Waals surface area (Å²) in [5.41, 5.74) is 4.86. The molecule has 0 aliphatic carbocycles. The summed E-state index contributed by atoms with van der Waals surface area (Å²) in [5.74, 6) is 0. The second-order valence-corrected chi connectivity index (χ2v) is 8.69. The van der Waals surface area contributed by atoms with E-state index in [4.69, 9.17) is 43.3 Å². The zero-order valence-electron chi connectivity index (χ0n) is 22.4. The fraction of sp³-hybridized carbons (Fsp3) is 0.115. The van der Waals surface area contributed by atoms with Crippen LogP contribution >= 0.6 is 39.1 Å². The van der Waals surface area contributed by atoms with E-state index in [2.05, 4.69) is 37.7 Å². The van der Waals surface area contributed by atoms with E-state index in [9.17, 15) is 0 Å². The first-order valence-electron chi connectivity index (χ1n) is 10.3. The van der Waals surface area contributed by atoms with E-state index in [1.807, 2.05) is 61.7 Å². The molecule has 198 valence electrons. The predicted octanol–water partition coefficient (Wildman–Crippen LogP) is -0.926. The molecule has 2 aromatic carbocycles. The van der Waals surface area contributed by atoms with Gasteiger partial charge in [-0.3, -0.25) is 9.78 Å². The molecule has 2 aromatic heterocycles. The van der Waals surface area contributed by atoms with Crippen LogP contribution in [0.1, 0.15) is 20.0 Å². The van der Waals surface area contributed by atoms with Gasteiger partial charge in [0.25, 0.3) is 6.47 Å². The maximum absolute atomic E-state index is 8.65. The molecule has 0 radical (unpaired) electrons. The van der Waals surface area contributed by atoms with Gasteiger partial charge in [-0.1, -0.05) is 54.9 Å². The van der Waals surface area contributed by atoms with Crippen molar-refractivity contribution in [2.24, 2.45) is 0 Å². The summed E-state index contributed by atoms with van der Waals surface area (Å²) in [6.07, 6.45) is 3.59. The maximum atomic E-state index is 8.65. The van der Waals surface area contributed by atoms with Gasteiger partial charge in [-0.15, -0.1) is 0 Å². The number of hydrogen-bond donors (Lipinski definition) is 2. The molecule has 0 aliphatic heterocycles. The third-order valence-electron chi connectivity index (χ3n) is 4.10. The van der Waals surface area contributed by atoms with Gasteiger partial charge in [-0.2, -0.15) is 0 Å². The van der Waals surface area contributed by atoms with Gasteiger partial charge in [-0.05, 0) is 94.9 Å². The Hall–Kier alpha value is 1.32. The number of pyridine rings is 2. The summed E-state index contributed by atoms with van der Waals surface area (Å²) >= 11 is 14.7. The molecular weight excluding hydrogens is 848 g/mol. The van der Waals surface area contributed by atoms with Gasteiger partial charge in [0.2, 0.25) is 0 Å². The van der Waals surface area contributed by atoms with Gasteiger partial charge in [0.15, 0.2) is 0 Å². The second kappa shape index (κ2) is 26.9. The van der Waals surface area contributed by atoms with Crippen LogP contribution in [0, 0.1) is 13.8 Å². The van der Waals surface area contributed by atoms with Crippen molar-refractivity contribution < 1.29 is 164 Å². The number of rotatable bonds is 3. The SMILES string of the molecule is C.Cc1ccnc(-c2cccc(Cl)c2)c1.Cc1ccnc(Br)c1.O=CO[O-].OB(O)c1cccc(Cl)c1.[Cs+].[Cs+].[H-]. The number of aromatic nitrogens is 2. The maximum Gasteiger partial charge on any atom is 1.00 e. The first-order chi connectivity index (χ1) is 17.2. The minimum absolute atomic E-state index is 0. The van der Waals surface area contributed by atoms with Crippen LogP contribution in [0.25, 0.3) is 11.3 Å². The standard InChI is InChI=1S/C12H10ClN.C6H6BClO2.C6H6BrN.CH2O3.CH4.2Cs.H/c1-9-5-6-14-12(7-9)10-3-2-4-11(13)8-10;8-6-3-1-2-5(4-6)7(9)10;1-5-2-3-8-6(7)4-5;2-1-4-3;;;;/h2-8H,1H3;1-4,9-10H;2-4H,1H3;1,3H;1H4;;;/q;;;;;2*+1;-1/p-1. The molecule has 4 aromatic rings. The molecule has 39 heavy (non-hydrogen) atoms. The number of benzene rings is 2. The number of halogens is 3. The molecule has 2 heterocycles. The van der Waals surface area contributed by atoms with Crippen LogP contribution in [-0.4, -0.2) is 33.6 Å². The number of nitrogens with zero attached hydrogens (tertiary/aromatic N) is 2. The Morgan fingerprint density at radius 3 is 1.79 bits per heavy atom. The summed E-state index contributed by atoms with van der Waals surface area (Å²) in [6, 6.07) is 22.1. The molecule has 7 nitrogen and oxygen atoms in total. The zero-order chi connectivity index (χ0) is 26.9. The van der Waals surface area contributed by atoms with E-state index in [1.165, 1.54) is 17.2 Å². The average molecular weight is 876 g/mol. The van der Waals surface area contributed by atoms with Crippen LogP contribution in [0.2, 0.25) is 10.0 Å². The van der Waals surface area contributed by atoms with Gasteiger partial charge in [0.1, 0.15) is 4.60 Å². The molecule has 0 bridgehead atoms. The molecule has 0 amide bonds. The van der Waals surface area contributed by atoms with Crippen molar-refractivity contribution in [1.82, 2.24) is 9.97 Å². The van der Waals surface area contributed by atoms with Gasteiger partial charge in [0, 0.05) is 28.0 Å². The number of hydrogen-bond acceptors (Lipinski definition) is 7. The van der Waals surface area contributed by atoms with Crippen molar-refractivity contribution in [3.05, 3.63) is 111 Å². The summed E-state index contributed by atoms with van der Waals surface area (Å²) < 4.78 is 0.900. The second-order valence-electron chi connectivity index (χ2n) is 7.01. The molecule has 13 heteroatoms. The summed E-state index contributed by atoms with van der Waals surface area (Å²) in [4.78, 5) is 19.5. The summed E-state index contributed by atoms with van der Waals surface area (Å²) in [5, 5.41) is 27.0. The van der Waals surface area contributed by atoms with E-state index >= 15 is 0 Å². The predicted molar refractivity (Wildman–Crippen MR) is 152 cm³/mol. The first kappa shape index (κ1) is 44.8. The fourth-order valence-electron chi connectivity index (χ4n) is 2.51. The van der Waals surface area contributed by atoms with Crippen molar-refractivity contribution in [2.45, 2.75) is 21.3 Å². The molecule has 4 rings (SSSR count). The van der Waals surface area contributed by atoms with Crippen LogP contribution in [0.15, 0.2) is 89.8 Å². The molecule has 0 saturated heterocycles. The Balaban J connectivity index is -0.000000224. The van der Waals surface area contributed by atoms with E-state index in [0.717, 1.165) is 20.9 Å². The molecule has 2 N–H and O–H groups in total. The number of aryl methyl sites for hydroxylation is 2. The smallest absolute Gasteiger partial charge is 1.00 e. The van der Waals surface area contributed by atoms with E-state index in [-0.39, 0.29) is 153 Å². The minimum atomic E-state index is -1.43. The molecule has 0 fully saturated rings. The number of carbonyl (C=O) groups excluding carboxylic acids is 1. The van der Waals surface area contributed by atoms with Gasteiger partial charge >= 0.3 is 145 Å². The molecular formula is C26H28BBrCl2Cs2N2O5. The minimum Gasteiger partial charge on any atom is -1.00 e. The van der Waals surface area contributed by atoms with Crippen LogP contribution < -0.4 is 149 Å². The van der Waals surface area contributed by atoms with E-state index in [1.54, 1.807) is 24.4 Å². The topological polar surface area (TPSA) is 116 Å². The van der Waals surface area contributed by atoms with Gasteiger partial charge in [0.05, 0.1) is 5.69 Å². The van der Waals surface area contributed by atoms with Crippen molar-refractivity contribution in [2.75, 3.05) is 0 Å². The molecule has 0 spiro atoms. The van der Waals surface area contributed by atoms with Crippen LogP contribution in [0.4, 0.5) is 0 Å². The number of carbonyl (C=O) groups is 1. The Labute approximate surface area is 368 Å². The summed E-state index contributed by atoms with van der Waals surface area (Å²) in [6.45, 7) is 3.90. The van der Waals surface area contributed by atoms with Crippen molar-refractivity contribution in [1.29, 1.82) is 0 Å². The van der Waals surface area contributed by atoms with Crippen molar-refractivity contribution in [3.63, 3.8) is 0 Å². The van der Waals surface area contributed by atoms with Crippen molar-refractivity contribution >= 4 is 58.2 Å². The monoisotopic (exact) mass is 874 g/mol. The Morgan fingerprint density at radius 2 is 1.41 bits per heavy atom. The molecule has 0 aliphatic rings. The summed E-state index contributed by atoms with van der Waals surface area (Å²) in [7, 11) is -1.43. The fourth-order valence-corrected chi connectivity index (χ4v) is 3.38.